The Morgan fingerprint density at radius 2 is 2.10 bits per heavy atom. The van der Waals surface area contributed by atoms with Crippen LogP contribution in [0.1, 0.15) is 60.3 Å². The van der Waals surface area contributed by atoms with Crippen LogP contribution in [-0.2, 0) is 4.79 Å². The Balaban J connectivity index is 2.24. The molecule has 1 heterocycles. The standard InChI is InChI=1S/C16H30N2OS/c1-6-16(5)15(19)18(14(17-16)11(3)4)12-9-8-10-13(12)20-7-2/h11-14,17H,6-10H2,1-5H3. The van der Waals surface area contributed by atoms with Gasteiger partial charge in [0.1, 0.15) is 0 Å². The number of hydrogen-bond acceptors (Lipinski definition) is 3. The molecule has 0 aromatic heterocycles. The molecule has 1 aliphatic carbocycles. The Kier molecular flexibility index (Phi) is 5.06. The van der Waals surface area contributed by atoms with E-state index in [1.807, 2.05) is 11.8 Å². The first-order valence-electron chi connectivity index (χ1n) is 8.16. The zero-order valence-electron chi connectivity index (χ0n) is 13.6. The van der Waals surface area contributed by atoms with Gasteiger partial charge in [0.2, 0.25) is 5.91 Å². The van der Waals surface area contributed by atoms with E-state index in [1.54, 1.807) is 0 Å². The van der Waals surface area contributed by atoms with Crippen LogP contribution >= 0.6 is 11.8 Å². The molecule has 1 N–H and O–H groups in total. The molecule has 1 amide bonds. The third-order valence-corrected chi connectivity index (χ3v) is 6.28. The van der Waals surface area contributed by atoms with Crippen molar-refractivity contribution in [3.05, 3.63) is 0 Å². The van der Waals surface area contributed by atoms with Gasteiger partial charge in [0, 0.05) is 11.3 Å². The first-order valence-corrected chi connectivity index (χ1v) is 9.21. The van der Waals surface area contributed by atoms with Crippen LogP contribution in [0.2, 0.25) is 0 Å². The quantitative estimate of drug-likeness (QED) is 0.845. The van der Waals surface area contributed by atoms with Crippen molar-refractivity contribution >= 4 is 17.7 Å². The highest BCUT2D eigenvalue weighted by Crippen LogP contribution is 2.39. The predicted molar refractivity (Wildman–Crippen MR) is 86.9 cm³/mol. The van der Waals surface area contributed by atoms with Crippen LogP contribution in [0.15, 0.2) is 0 Å². The summed E-state index contributed by atoms with van der Waals surface area (Å²) >= 11 is 2.04. The van der Waals surface area contributed by atoms with Gasteiger partial charge in [-0.25, -0.2) is 0 Å². The minimum Gasteiger partial charge on any atom is -0.321 e. The lowest BCUT2D eigenvalue weighted by atomic mass is 9.99. The van der Waals surface area contributed by atoms with Crippen LogP contribution in [0.3, 0.4) is 0 Å². The molecule has 0 radical (unpaired) electrons. The second kappa shape index (κ2) is 6.27. The molecule has 116 valence electrons. The monoisotopic (exact) mass is 298 g/mol. The van der Waals surface area contributed by atoms with Crippen LogP contribution in [0, 0.1) is 5.92 Å². The lowest BCUT2D eigenvalue weighted by molar-refractivity contribution is -0.135. The summed E-state index contributed by atoms with van der Waals surface area (Å²) in [6.45, 7) is 10.8. The van der Waals surface area contributed by atoms with E-state index in [1.165, 1.54) is 19.3 Å². The van der Waals surface area contributed by atoms with E-state index in [4.69, 9.17) is 0 Å². The van der Waals surface area contributed by atoms with Crippen molar-refractivity contribution in [3.63, 3.8) is 0 Å². The van der Waals surface area contributed by atoms with Crippen molar-refractivity contribution in [1.29, 1.82) is 0 Å². The van der Waals surface area contributed by atoms with Crippen molar-refractivity contribution in [2.24, 2.45) is 5.92 Å². The number of nitrogens with zero attached hydrogens (tertiary/aromatic N) is 1. The zero-order valence-corrected chi connectivity index (χ0v) is 14.4. The predicted octanol–water partition coefficient (Wildman–Crippen LogP) is 3.24. The minimum absolute atomic E-state index is 0.204. The van der Waals surface area contributed by atoms with Crippen LogP contribution in [0.25, 0.3) is 0 Å². The van der Waals surface area contributed by atoms with E-state index in [-0.39, 0.29) is 11.7 Å². The summed E-state index contributed by atoms with van der Waals surface area (Å²) in [5.74, 6) is 1.93. The molecule has 0 aromatic rings. The second-order valence-corrected chi connectivity index (χ2v) is 8.24. The second-order valence-electron chi connectivity index (χ2n) is 6.72. The van der Waals surface area contributed by atoms with Crippen LogP contribution in [-0.4, -0.2) is 39.6 Å². The van der Waals surface area contributed by atoms with Gasteiger partial charge in [-0.1, -0.05) is 34.1 Å². The Hall–Kier alpha value is -0.220. The molecule has 1 saturated carbocycles. The number of amides is 1. The van der Waals surface area contributed by atoms with Crippen LogP contribution < -0.4 is 5.32 Å². The van der Waals surface area contributed by atoms with E-state index in [0.717, 1.165) is 12.2 Å². The fourth-order valence-corrected chi connectivity index (χ4v) is 4.85. The lowest BCUT2D eigenvalue weighted by Gasteiger charge is -2.35. The van der Waals surface area contributed by atoms with E-state index in [9.17, 15) is 4.79 Å². The molecule has 2 fully saturated rings. The average Bonchev–Trinajstić information content (AvgIpc) is 2.95. The topological polar surface area (TPSA) is 32.3 Å². The number of thioether (sulfide) groups is 1. The third kappa shape index (κ3) is 2.74. The summed E-state index contributed by atoms with van der Waals surface area (Å²) in [7, 11) is 0. The van der Waals surface area contributed by atoms with Gasteiger partial charge in [-0.2, -0.15) is 11.8 Å². The summed E-state index contributed by atoms with van der Waals surface area (Å²) in [4.78, 5) is 15.2. The molecule has 4 unspecified atom stereocenters. The van der Waals surface area contributed by atoms with Crippen LogP contribution in [0.4, 0.5) is 0 Å². The largest absolute Gasteiger partial charge is 0.321 e. The fraction of sp³-hybridized carbons (Fsp3) is 0.938. The van der Waals surface area contributed by atoms with Gasteiger partial charge < -0.3 is 4.90 Å². The summed E-state index contributed by atoms with van der Waals surface area (Å²) in [6, 6.07) is 0.431. The molecule has 4 heteroatoms. The van der Waals surface area contributed by atoms with E-state index < -0.39 is 0 Å². The van der Waals surface area contributed by atoms with Crippen molar-refractivity contribution in [2.75, 3.05) is 5.75 Å². The molecular formula is C16H30N2OS. The highest BCUT2D eigenvalue weighted by molar-refractivity contribution is 7.99. The molecule has 2 rings (SSSR count). The van der Waals surface area contributed by atoms with Crippen molar-refractivity contribution in [3.8, 4) is 0 Å². The summed E-state index contributed by atoms with van der Waals surface area (Å²) in [5, 5.41) is 4.25. The molecule has 0 spiro atoms. The Bertz CT molecular complexity index is 360. The Labute approximate surface area is 128 Å². The Morgan fingerprint density at radius 3 is 2.65 bits per heavy atom. The molecule has 2 aliphatic rings. The van der Waals surface area contributed by atoms with Crippen LogP contribution in [0.5, 0.6) is 0 Å². The third-order valence-electron chi connectivity index (χ3n) is 4.97. The number of nitrogens with one attached hydrogen (secondary N) is 1. The first-order chi connectivity index (χ1) is 9.44. The van der Waals surface area contributed by atoms with Gasteiger partial charge in [0.15, 0.2) is 0 Å². The first kappa shape index (κ1) is 16.2. The number of carbonyl (C=O) groups is 1. The van der Waals surface area contributed by atoms with E-state index in [0.29, 0.717) is 23.1 Å². The van der Waals surface area contributed by atoms with Crippen molar-refractivity contribution < 1.29 is 4.79 Å². The van der Waals surface area contributed by atoms with Crippen molar-refractivity contribution in [1.82, 2.24) is 10.2 Å². The highest BCUT2D eigenvalue weighted by atomic mass is 32.2. The van der Waals surface area contributed by atoms with Gasteiger partial charge >= 0.3 is 0 Å². The van der Waals surface area contributed by atoms with Gasteiger partial charge in [0.05, 0.1) is 11.7 Å². The maximum absolute atomic E-state index is 13.0. The normalized spacial score (nSPS) is 38.2. The maximum Gasteiger partial charge on any atom is 0.244 e. The number of rotatable bonds is 5. The summed E-state index contributed by atoms with van der Waals surface area (Å²) in [5.41, 5.74) is -0.362. The SMILES string of the molecule is CCSC1CCCC1N1C(=O)C(C)(CC)NC1C(C)C. The smallest absolute Gasteiger partial charge is 0.244 e. The molecule has 0 aromatic carbocycles. The molecule has 1 aliphatic heterocycles. The van der Waals surface area contributed by atoms with E-state index in [2.05, 4.69) is 44.8 Å². The Morgan fingerprint density at radius 1 is 1.40 bits per heavy atom. The van der Waals surface area contributed by atoms with Gasteiger partial charge in [-0.05, 0) is 37.9 Å². The van der Waals surface area contributed by atoms with Crippen molar-refractivity contribution in [2.45, 2.75) is 83.3 Å². The molecule has 0 bridgehead atoms. The summed E-state index contributed by atoms with van der Waals surface area (Å²) < 4.78 is 0. The molecular weight excluding hydrogens is 268 g/mol. The molecule has 1 saturated heterocycles. The average molecular weight is 298 g/mol. The maximum atomic E-state index is 13.0. The molecule has 3 nitrogen and oxygen atoms in total. The van der Waals surface area contributed by atoms with Gasteiger partial charge in [0.25, 0.3) is 0 Å². The van der Waals surface area contributed by atoms with Gasteiger partial charge in [-0.15, -0.1) is 0 Å². The van der Waals surface area contributed by atoms with E-state index >= 15 is 0 Å². The molecule has 20 heavy (non-hydrogen) atoms. The highest BCUT2D eigenvalue weighted by Gasteiger charge is 2.51. The summed E-state index contributed by atoms with van der Waals surface area (Å²) in [6.07, 6.45) is 4.77. The minimum atomic E-state index is -0.362. The molecule has 4 atom stereocenters. The number of hydrogen-bond donors (Lipinski definition) is 1. The number of carbonyl (C=O) groups excluding carboxylic acids is 1. The zero-order chi connectivity index (χ0) is 14.9. The van der Waals surface area contributed by atoms with Gasteiger partial charge in [-0.3, -0.25) is 10.1 Å². The lowest BCUT2D eigenvalue weighted by Crippen LogP contribution is -2.49. The fourth-order valence-electron chi connectivity index (χ4n) is 3.60.